The Morgan fingerprint density at radius 1 is 0.211 bits per heavy atom. The fourth-order valence-corrected chi connectivity index (χ4v) is 12.0. The lowest BCUT2D eigenvalue weighted by Gasteiger charge is -2.37. The minimum Gasteiger partial charge on any atom is -0.311 e. The zero-order valence-corrected chi connectivity index (χ0v) is 39.2. The van der Waals surface area contributed by atoms with Crippen LogP contribution in [0.15, 0.2) is 297 Å². The van der Waals surface area contributed by atoms with Gasteiger partial charge in [-0.25, -0.2) is 0 Å². The molecule has 0 amide bonds. The van der Waals surface area contributed by atoms with Crippen LogP contribution in [0, 0.1) is 0 Å². The average molecular weight is 904 g/mol. The summed E-state index contributed by atoms with van der Waals surface area (Å²) in [6.45, 7) is 0. The van der Waals surface area contributed by atoms with E-state index in [1.54, 1.807) is 0 Å². The lowest BCUT2D eigenvalue weighted by atomic mass is 9.64. The molecule has 71 heavy (non-hydrogen) atoms. The first-order valence-electron chi connectivity index (χ1n) is 24.7. The Bertz CT molecular complexity index is 3520. The highest BCUT2D eigenvalue weighted by Crippen LogP contribution is 2.69. The number of rotatable bonds is 10. The highest BCUT2D eigenvalue weighted by molar-refractivity contribution is 6.15. The highest BCUT2D eigenvalue weighted by Gasteiger charge is 2.59. The van der Waals surface area contributed by atoms with E-state index in [2.05, 4.69) is 302 Å². The molecule has 1 heteroatoms. The van der Waals surface area contributed by atoms with E-state index in [0.717, 1.165) is 22.6 Å². The second kappa shape index (κ2) is 17.5. The third-order valence-corrected chi connectivity index (χ3v) is 15.0. The van der Waals surface area contributed by atoms with Crippen molar-refractivity contribution in [1.29, 1.82) is 0 Å². The normalized spacial score (nSPS) is 13.8. The Morgan fingerprint density at radius 3 is 0.887 bits per heavy atom. The van der Waals surface area contributed by atoms with Gasteiger partial charge in [-0.2, -0.15) is 0 Å². The molecule has 2 aliphatic carbocycles. The number of fused-ring (bicyclic) bond motifs is 4. The van der Waals surface area contributed by atoms with Crippen LogP contribution in [0.1, 0.15) is 44.5 Å². The smallest absolute Gasteiger partial charge is 0.0717 e. The molecule has 0 unspecified atom stereocenters. The monoisotopic (exact) mass is 903 g/mol. The summed E-state index contributed by atoms with van der Waals surface area (Å²) < 4.78 is 0. The van der Waals surface area contributed by atoms with Crippen LogP contribution in [-0.2, 0) is 10.8 Å². The van der Waals surface area contributed by atoms with Crippen molar-refractivity contribution in [1.82, 2.24) is 0 Å². The standard InChI is InChI=1S/C70H49N/c1-7-21-50(22-8-1)52-35-42-60(43-36-52)71(61-44-37-53(38-45-61)51-23-9-2-10-24-51)62-46-39-54(40-47-62)55-41-48-64-66(49-55)70(58-29-15-5-16-30-58,59-31-17-6-18-32-59)67-63-33-19-20-34-65(63)69(68(64)67,56-25-11-3-12-26-56)57-27-13-4-14-28-57/h1-49H. The predicted octanol–water partition coefficient (Wildman–Crippen LogP) is 17.8. The van der Waals surface area contributed by atoms with Crippen LogP contribution >= 0.6 is 0 Å². The molecule has 0 radical (unpaired) electrons. The first-order valence-corrected chi connectivity index (χ1v) is 24.7. The van der Waals surface area contributed by atoms with Crippen molar-refractivity contribution in [3.05, 3.63) is 342 Å². The van der Waals surface area contributed by atoms with E-state index in [9.17, 15) is 0 Å². The number of anilines is 3. The van der Waals surface area contributed by atoms with E-state index < -0.39 is 10.8 Å². The van der Waals surface area contributed by atoms with E-state index in [-0.39, 0.29) is 0 Å². The van der Waals surface area contributed by atoms with Gasteiger partial charge in [0.25, 0.3) is 0 Å². The molecule has 0 aliphatic heterocycles. The van der Waals surface area contributed by atoms with E-state index >= 15 is 0 Å². The predicted molar refractivity (Wildman–Crippen MR) is 296 cm³/mol. The molecular weight excluding hydrogens is 855 g/mol. The summed E-state index contributed by atoms with van der Waals surface area (Å²) in [6.07, 6.45) is 0. The molecule has 0 saturated carbocycles. The number of benzene rings is 11. The first kappa shape index (κ1) is 42.1. The number of hydrogen-bond donors (Lipinski definition) is 0. The van der Waals surface area contributed by atoms with Gasteiger partial charge in [-0.15, -0.1) is 0 Å². The van der Waals surface area contributed by atoms with E-state index in [1.807, 2.05) is 0 Å². The van der Waals surface area contributed by atoms with Crippen LogP contribution in [0.5, 0.6) is 0 Å². The number of allylic oxidation sites excluding steroid dienone is 2. The Labute approximate surface area is 417 Å². The molecule has 0 spiro atoms. The van der Waals surface area contributed by atoms with Crippen molar-refractivity contribution in [3.63, 3.8) is 0 Å². The third-order valence-electron chi connectivity index (χ3n) is 15.0. The molecule has 0 fully saturated rings. The fraction of sp³-hybridized carbons (Fsp3) is 0.0286. The SMILES string of the molecule is c1ccc(-c2ccc(N(c3ccc(-c4ccccc4)cc3)c3ccc(-c4ccc5c(c4)C(c4ccccc4)(c4ccccc4)C4=C5C(c5ccccc5)(c5ccccc5)c5ccccc54)cc3)cc2)cc1. The van der Waals surface area contributed by atoms with Gasteiger partial charge < -0.3 is 4.90 Å². The maximum Gasteiger partial charge on any atom is 0.0717 e. The molecule has 0 saturated heterocycles. The quantitative estimate of drug-likeness (QED) is 0.132. The van der Waals surface area contributed by atoms with Gasteiger partial charge in [0.15, 0.2) is 0 Å². The average Bonchev–Trinajstić information content (AvgIpc) is 3.94. The molecule has 0 aromatic heterocycles. The summed E-state index contributed by atoms with van der Waals surface area (Å²) in [5.41, 5.74) is 22.1. The van der Waals surface area contributed by atoms with Crippen molar-refractivity contribution in [2.24, 2.45) is 0 Å². The van der Waals surface area contributed by atoms with E-state index in [1.165, 1.54) is 83.5 Å². The van der Waals surface area contributed by atoms with Crippen molar-refractivity contribution in [2.45, 2.75) is 10.8 Å². The summed E-state index contributed by atoms with van der Waals surface area (Å²) in [5.74, 6) is 0. The molecule has 13 rings (SSSR count). The molecule has 0 bridgehead atoms. The third kappa shape index (κ3) is 6.77. The molecule has 11 aromatic carbocycles. The maximum atomic E-state index is 2.51. The van der Waals surface area contributed by atoms with Crippen molar-refractivity contribution in [3.8, 4) is 33.4 Å². The van der Waals surface area contributed by atoms with Gasteiger partial charge in [-0.05, 0) is 131 Å². The molecule has 334 valence electrons. The summed E-state index contributed by atoms with van der Waals surface area (Å²) in [6, 6.07) is 110. The van der Waals surface area contributed by atoms with Crippen LogP contribution in [0.25, 0.3) is 44.5 Å². The van der Waals surface area contributed by atoms with Gasteiger partial charge in [-0.3, -0.25) is 0 Å². The Hall–Kier alpha value is -9.04. The Morgan fingerprint density at radius 2 is 0.493 bits per heavy atom. The molecule has 2 aliphatic rings. The second-order valence-corrected chi connectivity index (χ2v) is 18.7. The van der Waals surface area contributed by atoms with Gasteiger partial charge in [-0.1, -0.05) is 255 Å². The lowest BCUT2D eigenvalue weighted by Crippen LogP contribution is -2.30. The molecule has 1 nitrogen and oxygen atoms in total. The lowest BCUT2D eigenvalue weighted by molar-refractivity contribution is 0.800. The fourth-order valence-electron chi connectivity index (χ4n) is 12.0. The molecular formula is C70H49N. The largest absolute Gasteiger partial charge is 0.311 e. The van der Waals surface area contributed by atoms with Crippen molar-refractivity contribution >= 4 is 28.2 Å². The van der Waals surface area contributed by atoms with Gasteiger partial charge in [0.05, 0.1) is 10.8 Å². The van der Waals surface area contributed by atoms with Gasteiger partial charge in [0.2, 0.25) is 0 Å². The van der Waals surface area contributed by atoms with Crippen LogP contribution in [-0.4, -0.2) is 0 Å². The number of nitrogens with zero attached hydrogens (tertiary/aromatic N) is 1. The Kier molecular flexibility index (Phi) is 10.4. The van der Waals surface area contributed by atoms with Crippen LogP contribution in [0.3, 0.4) is 0 Å². The van der Waals surface area contributed by atoms with Crippen LogP contribution < -0.4 is 4.90 Å². The summed E-state index contributed by atoms with van der Waals surface area (Å²) in [4.78, 5) is 2.37. The Balaban J connectivity index is 0.992. The van der Waals surface area contributed by atoms with Crippen LogP contribution in [0.2, 0.25) is 0 Å². The summed E-state index contributed by atoms with van der Waals surface area (Å²) in [7, 11) is 0. The molecule has 0 atom stereocenters. The summed E-state index contributed by atoms with van der Waals surface area (Å²) in [5, 5.41) is 0. The molecule has 0 heterocycles. The van der Waals surface area contributed by atoms with Gasteiger partial charge in [0.1, 0.15) is 0 Å². The summed E-state index contributed by atoms with van der Waals surface area (Å²) >= 11 is 0. The zero-order chi connectivity index (χ0) is 47.2. The number of hydrogen-bond acceptors (Lipinski definition) is 1. The highest BCUT2D eigenvalue weighted by atomic mass is 15.1. The van der Waals surface area contributed by atoms with Gasteiger partial charge in [0, 0.05) is 17.1 Å². The van der Waals surface area contributed by atoms with E-state index in [4.69, 9.17) is 0 Å². The van der Waals surface area contributed by atoms with Crippen molar-refractivity contribution in [2.75, 3.05) is 4.90 Å². The first-order chi connectivity index (χ1) is 35.2. The van der Waals surface area contributed by atoms with Gasteiger partial charge >= 0.3 is 0 Å². The minimum absolute atomic E-state index is 0.570. The van der Waals surface area contributed by atoms with E-state index in [0.29, 0.717) is 0 Å². The maximum absolute atomic E-state index is 2.51. The van der Waals surface area contributed by atoms with Crippen molar-refractivity contribution < 1.29 is 0 Å². The minimum atomic E-state index is -0.626. The zero-order valence-electron chi connectivity index (χ0n) is 39.2. The topological polar surface area (TPSA) is 3.24 Å². The molecule has 0 N–H and O–H groups in total. The van der Waals surface area contributed by atoms with Crippen LogP contribution in [0.4, 0.5) is 17.1 Å². The second-order valence-electron chi connectivity index (χ2n) is 18.7. The molecule has 11 aromatic rings.